The maximum absolute atomic E-state index is 13.1. The molecule has 0 aliphatic heterocycles. The first-order chi connectivity index (χ1) is 13.1. The number of aromatic amines is 1. The molecule has 0 spiro atoms. The van der Waals surface area contributed by atoms with Crippen LogP contribution in [0.15, 0.2) is 40.4 Å². The van der Waals surface area contributed by atoms with Gasteiger partial charge in [-0.15, -0.1) is 0 Å². The van der Waals surface area contributed by atoms with Crippen LogP contribution in [0.2, 0.25) is 0 Å². The van der Waals surface area contributed by atoms with Crippen LogP contribution in [-0.2, 0) is 9.53 Å². The lowest BCUT2D eigenvalue weighted by Crippen LogP contribution is -2.27. The van der Waals surface area contributed by atoms with Crippen molar-refractivity contribution in [1.29, 1.82) is 0 Å². The third-order valence-electron chi connectivity index (χ3n) is 3.70. The maximum atomic E-state index is 13.1. The minimum atomic E-state index is -0.462. The van der Waals surface area contributed by atoms with Gasteiger partial charge in [-0.3, -0.25) is 9.78 Å². The zero-order chi connectivity index (χ0) is 19.2. The normalized spacial score (nSPS) is 11.0. The van der Waals surface area contributed by atoms with Gasteiger partial charge >= 0.3 is 5.69 Å². The van der Waals surface area contributed by atoms with E-state index in [0.717, 1.165) is 22.7 Å². The quantitative estimate of drug-likeness (QED) is 0.445. The number of fused-ring (bicyclic) bond motifs is 1. The summed E-state index contributed by atoms with van der Waals surface area (Å²) in [5.41, 5.74) is 1.17. The highest BCUT2D eigenvalue weighted by atomic mass is 32.2. The first-order valence-corrected chi connectivity index (χ1v) is 9.19. The van der Waals surface area contributed by atoms with Crippen molar-refractivity contribution < 1.29 is 13.9 Å². The van der Waals surface area contributed by atoms with Crippen LogP contribution in [0.3, 0.4) is 0 Å². The number of carbonyl (C=O) groups excluding carboxylic acids is 1. The predicted octanol–water partition coefficient (Wildman–Crippen LogP) is 1.47. The molecule has 8 nitrogen and oxygen atoms in total. The van der Waals surface area contributed by atoms with Crippen molar-refractivity contribution in [2.45, 2.75) is 11.6 Å². The lowest BCUT2D eigenvalue weighted by atomic mass is 10.1. The number of aromatic nitrogens is 4. The highest BCUT2D eigenvalue weighted by Gasteiger charge is 2.13. The Hall–Kier alpha value is -2.72. The molecule has 0 fully saturated rings. The summed E-state index contributed by atoms with van der Waals surface area (Å²) in [5, 5.41) is 7.10. The molecule has 0 aliphatic carbocycles. The molecular weight excluding hydrogens is 373 g/mol. The number of nitrogens with zero attached hydrogens (tertiary/aromatic N) is 3. The second-order valence-corrected chi connectivity index (χ2v) is 6.60. The van der Waals surface area contributed by atoms with Gasteiger partial charge in [0.25, 0.3) is 0 Å². The molecule has 0 bridgehead atoms. The summed E-state index contributed by atoms with van der Waals surface area (Å²) in [7, 11) is 1.60. The molecular formula is C17H18FN5O3S. The molecule has 27 heavy (non-hydrogen) atoms. The van der Waals surface area contributed by atoms with Crippen molar-refractivity contribution in [2.24, 2.45) is 0 Å². The topological polar surface area (TPSA) is 101 Å². The molecule has 3 rings (SSSR count). The Morgan fingerprint density at radius 2 is 2.15 bits per heavy atom. The van der Waals surface area contributed by atoms with Crippen LogP contribution in [0.4, 0.5) is 4.39 Å². The molecule has 2 aromatic heterocycles. The molecule has 0 radical (unpaired) electrons. The number of rotatable bonds is 8. The second kappa shape index (κ2) is 8.78. The molecule has 0 aliphatic rings. The zero-order valence-corrected chi connectivity index (χ0v) is 15.4. The van der Waals surface area contributed by atoms with E-state index in [-0.39, 0.29) is 17.5 Å². The van der Waals surface area contributed by atoms with Crippen molar-refractivity contribution >= 4 is 23.3 Å². The number of thioether (sulfide) groups is 1. The van der Waals surface area contributed by atoms with Gasteiger partial charge in [0.1, 0.15) is 5.82 Å². The fraction of sp³-hybridized carbons (Fsp3) is 0.294. The minimum absolute atomic E-state index is 0.117. The Kier molecular flexibility index (Phi) is 6.20. The minimum Gasteiger partial charge on any atom is -0.385 e. The predicted molar refractivity (Wildman–Crippen MR) is 99.2 cm³/mol. The van der Waals surface area contributed by atoms with E-state index in [4.69, 9.17) is 4.74 Å². The summed E-state index contributed by atoms with van der Waals surface area (Å²) in [6, 6.07) is 5.84. The van der Waals surface area contributed by atoms with Crippen LogP contribution in [0, 0.1) is 5.82 Å². The Morgan fingerprint density at radius 1 is 1.37 bits per heavy atom. The molecule has 2 N–H and O–H groups in total. The van der Waals surface area contributed by atoms with E-state index in [9.17, 15) is 14.0 Å². The van der Waals surface area contributed by atoms with Gasteiger partial charge in [-0.25, -0.2) is 14.2 Å². The third kappa shape index (κ3) is 4.72. The molecule has 1 amide bonds. The number of hydrogen-bond acceptors (Lipinski definition) is 6. The first-order valence-electron chi connectivity index (χ1n) is 8.21. The SMILES string of the molecule is COCCCNC(=O)CSc1nc2c(-c3ccc(F)cc3)cnn2c(=O)[nH]1. The number of hydrogen-bond donors (Lipinski definition) is 2. The molecule has 3 aromatic rings. The average Bonchev–Trinajstić information content (AvgIpc) is 3.09. The van der Waals surface area contributed by atoms with Crippen molar-refractivity contribution in [3.63, 3.8) is 0 Å². The standard InChI is InChI=1S/C17H18FN5O3S/c1-26-8-2-7-19-14(24)10-27-16-21-15-13(9-20-23(15)17(25)22-16)11-3-5-12(18)6-4-11/h3-6,9H,2,7-8,10H2,1H3,(H,19,24)(H,21,22,25). The van der Waals surface area contributed by atoms with E-state index in [1.165, 1.54) is 18.3 Å². The van der Waals surface area contributed by atoms with E-state index >= 15 is 0 Å². The molecule has 0 saturated heterocycles. The van der Waals surface area contributed by atoms with Crippen LogP contribution in [-0.4, -0.2) is 51.5 Å². The third-order valence-corrected chi connectivity index (χ3v) is 4.57. The summed E-state index contributed by atoms with van der Waals surface area (Å²) in [6.45, 7) is 1.10. The molecule has 142 valence electrons. The Balaban J connectivity index is 1.75. The van der Waals surface area contributed by atoms with Crippen molar-refractivity contribution in [2.75, 3.05) is 26.0 Å². The number of benzene rings is 1. The monoisotopic (exact) mass is 391 g/mol. The summed E-state index contributed by atoms with van der Waals surface area (Å²) in [6.07, 6.45) is 2.23. The number of nitrogens with one attached hydrogen (secondary N) is 2. The van der Waals surface area contributed by atoms with Gasteiger partial charge in [-0.05, 0) is 24.1 Å². The number of ether oxygens (including phenoxy) is 1. The van der Waals surface area contributed by atoms with Crippen molar-refractivity contribution in [1.82, 2.24) is 24.9 Å². The fourth-order valence-electron chi connectivity index (χ4n) is 2.40. The first kappa shape index (κ1) is 19.1. The van der Waals surface area contributed by atoms with Gasteiger partial charge < -0.3 is 10.1 Å². The number of amides is 1. The van der Waals surface area contributed by atoms with Crippen LogP contribution in [0.5, 0.6) is 0 Å². The summed E-state index contributed by atoms with van der Waals surface area (Å²) in [4.78, 5) is 31.0. The van der Waals surface area contributed by atoms with Gasteiger partial charge in [0, 0.05) is 25.8 Å². The van der Waals surface area contributed by atoms with E-state index in [0.29, 0.717) is 35.1 Å². The van der Waals surface area contributed by atoms with Crippen molar-refractivity contribution in [3.8, 4) is 11.1 Å². The van der Waals surface area contributed by atoms with Gasteiger partial charge in [0.15, 0.2) is 10.8 Å². The molecule has 2 heterocycles. The number of methoxy groups -OCH3 is 1. The lowest BCUT2D eigenvalue weighted by molar-refractivity contribution is -0.118. The average molecular weight is 391 g/mol. The lowest BCUT2D eigenvalue weighted by Gasteiger charge is -2.05. The molecule has 1 aromatic carbocycles. The number of carbonyl (C=O) groups is 1. The van der Waals surface area contributed by atoms with Crippen LogP contribution < -0.4 is 11.0 Å². The fourth-order valence-corrected chi connectivity index (χ4v) is 3.08. The molecule has 0 saturated carbocycles. The summed E-state index contributed by atoms with van der Waals surface area (Å²) in [5.74, 6) is -0.397. The molecule has 10 heteroatoms. The van der Waals surface area contributed by atoms with E-state index in [2.05, 4.69) is 20.4 Å². The van der Waals surface area contributed by atoms with Crippen LogP contribution in [0.25, 0.3) is 16.8 Å². The maximum Gasteiger partial charge on any atom is 0.350 e. The highest BCUT2D eigenvalue weighted by molar-refractivity contribution is 7.99. The van der Waals surface area contributed by atoms with E-state index < -0.39 is 5.69 Å². The van der Waals surface area contributed by atoms with E-state index in [1.54, 1.807) is 19.2 Å². The zero-order valence-electron chi connectivity index (χ0n) is 14.6. The number of H-pyrrole nitrogens is 1. The highest BCUT2D eigenvalue weighted by Crippen LogP contribution is 2.23. The molecule has 0 atom stereocenters. The Bertz CT molecular complexity index is 986. The van der Waals surface area contributed by atoms with E-state index in [1.807, 2.05) is 0 Å². The van der Waals surface area contributed by atoms with Gasteiger partial charge in [-0.2, -0.15) is 9.61 Å². The summed E-state index contributed by atoms with van der Waals surface area (Å²) >= 11 is 1.12. The smallest absolute Gasteiger partial charge is 0.350 e. The second-order valence-electron chi connectivity index (χ2n) is 5.63. The summed E-state index contributed by atoms with van der Waals surface area (Å²) < 4.78 is 19.2. The van der Waals surface area contributed by atoms with Gasteiger partial charge in [-0.1, -0.05) is 23.9 Å². The van der Waals surface area contributed by atoms with Crippen LogP contribution >= 0.6 is 11.8 Å². The van der Waals surface area contributed by atoms with Crippen LogP contribution in [0.1, 0.15) is 6.42 Å². The van der Waals surface area contributed by atoms with Crippen molar-refractivity contribution in [3.05, 3.63) is 46.8 Å². The molecule has 0 unspecified atom stereocenters. The Labute approximate surface area is 158 Å². The largest absolute Gasteiger partial charge is 0.385 e. The Morgan fingerprint density at radius 3 is 2.89 bits per heavy atom. The van der Waals surface area contributed by atoms with Gasteiger partial charge in [0.05, 0.1) is 11.9 Å². The number of halogens is 1. The van der Waals surface area contributed by atoms with Gasteiger partial charge in [0.2, 0.25) is 5.91 Å².